The molecule has 110 valence electrons. The van der Waals surface area contributed by atoms with Gasteiger partial charge in [0, 0.05) is 31.6 Å². The van der Waals surface area contributed by atoms with Crippen LogP contribution < -0.4 is 10.6 Å². The van der Waals surface area contributed by atoms with Crippen LogP contribution in [0.4, 0.5) is 5.69 Å². The Hall–Kier alpha value is -2.08. The van der Waals surface area contributed by atoms with E-state index in [0.717, 1.165) is 24.2 Å². The van der Waals surface area contributed by atoms with Crippen LogP contribution in [0.3, 0.4) is 0 Å². The van der Waals surface area contributed by atoms with Crippen LogP contribution in [0.15, 0.2) is 22.9 Å². The molecule has 0 spiro atoms. The SMILES string of the molecule is CNc1coc2cnc(C(=O)NC3CN4CCC3C4)cc12. The molecule has 2 aliphatic rings. The maximum Gasteiger partial charge on any atom is 0.270 e. The van der Waals surface area contributed by atoms with E-state index in [2.05, 4.69) is 20.5 Å². The second kappa shape index (κ2) is 4.73. The number of carbonyl (C=O) groups is 1. The van der Waals surface area contributed by atoms with Gasteiger partial charge in [0.2, 0.25) is 0 Å². The van der Waals surface area contributed by atoms with Crippen molar-refractivity contribution in [3.8, 4) is 0 Å². The van der Waals surface area contributed by atoms with Gasteiger partial charge in [-0.1, -0.05) is 0 Å². The number of nitrogens with zero attached hydrogens (tertiary/aromatic N) is 2. The second-order valence-corrected chi connectivity index (χ2v) is 5.85. The standard InChI is InChI=1S/C15H18N4O2/c1-16-13-8-21-14-5-17-11(4-10(13)14)15(20)18-12-7-19-3-2-9(12)6-19/h4-5,8-9,12,16H,2-3,6-7H2,1H3,(H,18,20). The summed E-state index contributed by atoms with van der Waals surface area (Å²) >= 11 is 0. The van der Waals surface area contributed by atoms with E-state index in [0.29, 0.717) is 17.2 Å². The van der Waals surface area contributed by atoms with Crippen molar-refractivity contribution in [2.24, 2.45) is 5.92 Å². The number of nitrogens with one attached hydrogen (secondary N) is 2. The van der Waals surface area contributed by atoms with Crippen molar-refractivity contribution < 1.29 is 9.21 Å². The number of aromatic nitrogens is 1. The third-order valence-corrected chi connectivity index (χ3v) is 4.61. The first-order valence-corrected chi connectivity index (χ1v) is 7.33. The molecule has 2 fully saturated rings. The topological polar surface area (TPSA) is 70.4 Å². The lowest BCUT2D eigenvalue weighted by molar-refractivity contribution is 0.0919. The monoisotopic (exact) mass is 286 g/mol. The summed E-state index contributed by atoms with van der Waals surface area (Å²) in [5, 5.41) is 7.06. The van der Waals surface area contributed by atoms with Crippen LogP contribution in [0.25, 0.3) is 11.0 Å². The molecule has 3 unspecified atom stereocenters. The van der Waals surface area contributed by atoms with Gasteiger partial charge in [-0.3, -0.25) is 4.79 Å². The molecule has 2 aromatic heterocycles. The smallest absolute Gasteiger partial charge is 0.270 e. The molecule has 1 amide bonds. The summed E-state index contributed by atoms with van der Waals surface area (Å²) in [5.41, 5.74) is 1.99. The number of pyridine rings is 1. The van der Waals surface area contributed by atoms with E-state index in [4.69, 9.17) is 4.42 Å². The average Bonchev–Trinajstić information content (AvgIpc) is 3.21. The fraction of sp³-hybridized carbons (Fsp3) is 0.467. The van der Waals surface area contributed by atoms with Crippen molar-refractivity contribution in [3.63, 3.8) is 0 Å². The van der Waals surface area contributed by atoms with Crippen LogP contribution in [0.1, 0.15) is 16.9 Å². The molecular formula is C15H18N4O2. The van der Waals surface area contributed by atoms with Gasteiger partial charge in [-0.2, -0.15) is 0 Å². The molecule has 2 saturated heterocycles. The van der Waals surface area contributed by atoms with Gasteiger partial charge >= 0.3 is 0 Å². The van der Waals surface area contributed by atoms with Gasteiger partial charge in [0.1, 0.15) is 12.0 Å². The first kappa shape index (κ1) is 12.6. The number of anilines is 1. The van der Waals surface area contributed by atoms with Crippen molar-refractivity contribution in [3.05, 3.63) is 24.2 Å². The van der Waals surface area contributed by atoms with Crippen LogP contribution in [-0.4, -0.2) is 48.5 Å². The van der Waals surface area contributed by atoms with E-state index in [1.807, 2.05) is 7.05 Å². The highest BCUT2D eigenvalue weighted by atomic mass is 16.3. The van der Waals surface area contributed by atoms with E-state index < -0.39 is 0 Å². The van der Waals surface area contributed by atoms with Crippen LogP contribution in [0.5, 0.6) is 0 Å². The highest BCUT2D eigenvalue weighted by Crippen LogP contribution is 2.28. The first-order valence-electron chi connectivity index (χ1n) is 7.33. The van der Waals surface area contributed by atoms with Gasteiger partial charge < -0.3 is 20.0 Å². The van der Waals surface area contributed by atoms with Gasteiger partial charge in [-0.05, 0) is 24.9 Å². The number of piperidine rings is 1. The van der Waals surface area contributed by atoms with Crippen molar-refractivity contribution in [2.75, 3.05) is 32.0 Å². The highest BCUT2D eigenvalue weighted by molar-refractivity contribution is 5.98. The average molecular weight is 286 g/mol. The Kier molecular flexibility index (Phi) is 2.85. The van der Waals surface area contributed by atoms with Gasteiger partial charge in [0.05, 0.1) is 11.9 Å². The number of rotatable bonds is 3. The molecule has 0 aromatic carbocycles. The molecule has 2 aromatic rings. The molecule has 3 atom stereocenters. The van der Waals surface area contributed by atoms with Gasteiger partial charge in [-0.25, -0.2) is 4.98 Å². The van der Waals surface area contributed by atoms with Gasteiger partial charge in [0.15, 0.2) is 5.58 Å². The molecule has 21 heavy (non-hydrogen) atoms. The maximum absolute atomic E-state index is 12.4. The molecule has 6 nitrogen and oxygen atoms in total. The maximum atomic E-state index is 12.4. The Morgan fingerprint density at radius 3 is 3.10 bits per heavy atom. The summed E-state index contributed by atoms with van der Waals surface area (Å²) < 4.78 is 5.38. The summed E-state index contributed by atoms with van der Waals surface area (Å²) in [6.45, 7) is 3.25. The summed E-state index contributed by atoms with van der Waals surface area (Å²) in [5.74, 6) is 0.498. The number of carbonyl (C=O) groups excluding carboxylic acids is 1. The highest BCUT2D eigenvalue weighted by Gasteiger charge is 2.38. The van der Waals surface area contributed by atoms with Gasteiger partial charge in [-0.15, -0.1) is 0 Å². The Morgan fingerprint density at radius 1 is 1.48 bits per heavy atom. The molecular weight excluding hydrogens is 268 g/mol. The predicted molar refractivity (Wildman–Crippen MR) is 79.4 cm³/mol. The van der Waals surface area contributed by atoms with Crippen molar-refractivity contribution in [2.45, 2.75) is 12.5 Å². The zero-order valence-electron chi connectivity index (χ0n) is 11.9. The van der Waals surface area contributed by atoms with Crippen LogP contribution >= 0.6 is 0 Å². The molecule has 0 aliphatic carbocycles. The Bertz CT molecular complexity index is 696. The van der Waals surface area contributed by atoms with E-state index in [9.17, 15) is 4.79 Å². The third-order valence-electron chi connectivity index (χ3n) is 4.61. The van der Waals surface area contributed by atoms with Crippen molar-refractivity contribution >= 4 is 22.6 Å². The Labute approximate surface area is 122 Å². The van der Waals surface area contributed by atoms with E-state index in [1.54, 1.807) is 18.5 Å². The minimum absolute atomic E-state index is 0.0982. The molecule has 2 bridgehead atoms. The minimum Gasteiger partial charge on any atom is -0.460 e. The third kappa shape index (κ3) is 2.06. The molecule has 2 N–H and O–H groups in total. The number of amides is 1. The van der Waals surface area contributed by atoms with Crippen LogP contribution in [-0.2, 0) is 0 Å². The number of fused-ring (bicyclic) bond motifs is 3. The first-order chi connectivity index (χ1) is 10.2. The Balaban J connectivity index is 1.56. The summed E-state index contributed by atoms with van der Waals surface area (Å²) in [4.78, 5) is 19.0. The fourth-order valence-electron chi connectivity index (χ4n) is 3.44. The second-order valence-electron chi connectivity index (χ2n) is 5.85. The zero-order valence-corrected chi connectivity index (χ0v) is 11.9. The quantitative estimate of drug-likeness (QED) is 0.890. The van der Waals surface area contributed by atoms with Crippen molar-refractivity contribution in [1.82, 2.24) is 15.2 Å². The minimum atomic E-state index is -0.0982. The normalized spacial score (nSPS) is 27.2. The molecule has 0 radical (unpaired) electrons. The summed E-state index contributed by atoms with van der Waals surface area (Å²) in [6, 6.07) is 2.05. The predicted octanol–water partition coefficient (Wildman–Crippen LogP) is 1.30. The lowest BCUT2D eigenvalue weighted by Crippen LogP contribution is -2.43. The lowest BCUT2D eigenvalue weighted by Gasteiger charge is -2.22. The van der Waals surface area contributed by atoms with Gasteiger partial charge in [0.25, 0.3) is 5.91 Å². The lowest BCUT2D eigenvalue weighted by atomic mass is 10.00. The zero-order chi connectivity index (χ0) is 14.4. The molecule has 4 heterocycles. The van der Waals surface area contributed by atoms with E-state index >= 15 is 0 Å². The van der Waals surface area contributed by atoms with E-state index in [-0.39, 0.29) is 11.9 Å². The molecule has 0 saturated carbocycles. The molecule has 2 aliphatic heterocycles. The largest absolute Gasteiger partial charge is 0.460 e. The number of furan rings is 1. The summed E-state index contributed by atoms with van der Waals surface area (Å²) in [7, 11) is 1.83. The van der Waals surface area contributed by atoms with Crippen LogP contribution in [0, 0.1) is 5.92 Å². The molecule has 6 heteroatoms. The van der Waals surface area contributed by atoms with Crippen molar-refractivity contribution in [1.29, 1.82) is 0 Å². The fourth-order valence-corrected chi connectivity index (χ4v) is 3.44. The van der Waals surface area contributed by atoms with E-state index in [1.165, 1.54) is 13.0 Å². The number of hydrogen-bond donors (Lipinski definition) is 2. The van der Waals surface area contributed by atoms with Crippen LogP contribution in [0.2, 0.25) is 0 Å². The number of hydrogen-bond acceptors (Lipinski definition) is 5. The Morgan fingerprint density at radius 2 is 2.38 bits per heavy atom. The summed E-state index contributed by atoms with van der Waals surface area (Å²) in [6.07, 6.45) is 4.43. The molecule has 4 rings (SSSR count).